The number of aliphatic carboxylic acids is 1. The zero-order valence-corrected chi connectivity index (χ0v) is 16.0. The molecule has 1 N–H and O–H groups in total. The maximum Gasteiger partial charge on any atom is 0.308 e. The van der Waals surface area contributed by atoms with E-state index in [1.165, 1.54) is 12.1 Å². The zero-order valence-electron chi connectivity index (χ0n) is 16.0. The molecule has 2 aliphatic heterocycles. The van der Waals surface area contributed by atoms with E-state index in [1.54, 1.807) is 17.0 Å². The molecule has 0 radical (unpaired) electrons. The molecule has 7 heteroatoms. The van der Waals surface area contributed by atoms with Crippen LogP contribution in [-0.2, 0) is 9.59 Å². The number of likely N-dealkylation sites (N-methyl/N-ethyl adjacent to an activating group) is 1. The van der Waals surface area contributed by atoms with E-state index in [2.05, 4.69) is 16.8 Å². The van der Waals surface area contributed by atoms with Crippen molar-refractivity contribution in [1.82, 2.24) is 14.7 Å². The van der Waals surface area contributed by atoms with E-state index in [-0.39, 0.29) is 30.7 Å². The summed E-state index contributed by atoms with van der Waals surface area (Å²) in [6, 6.07) is 6.42. The van der Waals surface area contributed by atoms with Gasteiger partial charge in [-0.2, -0.15) is 0 Å². The Hall–Kier alpha value is -1.99. The first-order valence-electron chi connectivity index (χ1n) is 9.50. The molecular weight excluding hydrogens is 349 g/mol. The second-order valence-corrected chi connectivity index (χ2v) is 7.85. The van der Waals surface area contributed by atoms with Crippen LogP contribution in [-0.4, -0.2) is 84.5 Å². The van der Waals surface area contributed by atoms with Crippen molar-refractivity contribution in [3.05, 3.63) is 35.6 Å². The number of benzene rings is 1. The molecule has 0 aliphatic carbocycles. The average molecular weight is 377 g/mol. The van der Waals surface area contributed by atoms with Gasteiger partial charge in [0.05, 0.1) is 12.5 Å². The highest BCUT2D eigenvalue weighted by molar-refractivity contribution is 5.81. The molecule has 3 rings (SSSR count). The summed E-state index contributed by atoms with van der Waals surface area (Å²) >= 11 is 0. The van der Waals surface area contributed by atoms with Crippen molar-refractivity contribution in [3.8, 4) is 0 Å². The Balaban J connectivity index is 1.64. The summed E-state index contributed by atoms with van der Waals surface area (Å²) in [5, 5.41) is 9.58. The summed E-state index contributed by atoms with van der Waals surface area (Å²) in [4.78, 5) is 30.5. The van der Waals surface area contributed by atoms with Crippen LogP contribution in [0.3, 0.4) is 0 Å². The summed E-state index contributed by atoms with van der Waals surface area (Å²) in [5.41, 5.74) is 0.640. The Kier molecular flexibility index (Phi) is 6.11. The van der Waals surface area contributed by atoms with Crippen LogP contribution in [0.5, 0.6) is 0 Å². The van der Waals surface area contributed by atoms with E-state index in [4.69, 9.17) is 0 Å². The van der Waals surface area contributed by atoms with Gasteiger partial charge in [-0.3, -0.25) is 14.5 Å². The van der Waals surface area contributed by atoms with Gasteiger partial charge in [0.1, 0.15) is 5.82 Å². The minimum absolute atomic E-state index is 0.0541. The fraction of sp³-hybridized carbons (Fsp3) is 0.600. The molecule has 0 saturated carbocycles. The summed E-state index contributed by atoms with van der Waals surface area (Å²) in [6.45, 7) is 2.83. The van der Waals surface area contributed by atoms with E-state index in [1.807, 2.05) is 7.05 Å². The number of rotatable bonds is 5. The van der Waals surface area contributed by atoms with Crippen LogP contribution in [0.2, 0.25) is 0 Å². The molecule has 0 aromatic heterocycles. The van der Waals surface area contributed by atoms with E-state index in [9.17, 15) is 19.1 Å². The predicted octanol–water partition coefficient (Wildman–Crippen LogP) is 1.48. The van der Waals surface area contributed by atoms with E-state index in [0.29, 0.717) is 18.2 Å². The first-order valence-corrected chi connectivity index (χ1v) is 9.50. The Bertz CT molecular complexity index is 691. The molecule has 2 atom stereocenters. The summed E-state index contributed by atoms with van der Waals surface area (Å²) < 4.78 is 13.6. The summed E-state index contributed by atoms with van der Waals surface area (Å²) in [5.74, 6) is -2.46. The Morgan fingerprint density at radius 3 is 2.59 bits per heavy atom. The molecule has 0 unspecified atom stereocenters. The van der Waals surface area contributed by atoms with Gasteiger partial charge in [-0.1, -0.05) is 12.1 Å². The molecular formula is C20H28FN3O3. The third kappa shape index (κ3) is 4.65. The summed E-state index contributed by atoms with van der Waals surface area (Å²) in [6.07, 6.45) is 2.06. The van der Waals surface area contributed by atoms with Crippen LogP contribution >= 0.6 is 0 Å². The number of carboxylic acid groups (broad SMARTS) is 1. The van der Waals surface area contributed by atoms with Gasteiger partial charge in [-0.15, -0.1) is 0 Å². The highest BCUT2D eigenvalue weighted by atomic mass is 19.1. The standard InChI is InChI=1S/C20H28FN3O3/c1-22-8-6-16(7-9-22)23(2)13-19(25)24-11-17(18(12-24)20(26)27)14-4-3-5-15(21)10-14/h3-5,10,16-18H,6-9,11-13H2,1-2H3,(H,26,27)/t17-,18+/m0/s1. The van der Waals surface area contributed by atoms with Gasteiger partial charge in [-0.05, 0) is 57.7 Å². The van der Waals surface area contributed by atoms with Crippen LogP contribution in [0.4, 0.5) is 4.39 Å². The molecule has 1 amide bonds. The number of likely N-dealkylation sites (tertiary alicyclic amines) is 2. The van der Waals surface area contributed by atoms with Crippen LogP contribution < -0.4 is 0 Å². The molecule has 2 heterocycles. The normalized spacial score (nSPS) is 24.5. The number of halogens is 1. The van der Waals surface area contributed by atoms with Gasteiger partial charge in [0.2, 0.25) is 5.91 Å². The lowest BCUT2D eigenvalue weighted by Gasteiger charge is -2.35. The Morgan fingerprint density at radius 1 is 1.26 bits per heavy atom. The van der Waals surface area contributed by atoms with E-state index < -0.39 is 11.9 Å². The number of carbonyl (C=O) groups is 2. The van der Waals surface area contributed by atoms with Crippen molar-refractivity contribution in [2.45, 2.75) is 24.8 Å². The lowest BCUT2D eigenvalue weighted by atomic mass is 9.89. The number of carbonyl (C=O) groups excluding carboxylic acids is 1. The molecule has 1 aromatic rings. The smallest absolute Gasteiger partial charge is 0.308 e. The highest BCUT2D eigenvalue weighted by Crippen LogP contribution is 2.33. The minimum atomic E-state index is -0.941. The van der Waals surface area contributed by atoms with Crippen molar-refractivity contribution < 1.29 is 19.1 Å². The molecule has 148 valence electrons. The third-order valence-electron chi connectivity index (χ3n) is 5.96. The van der Waals surface area contributed by atoms with Crippen LogP contribution in [0, 0.1) is 11.7 Å². The van der Waals surface area contributed by atoms with Gasteiger partial charge >= 0.3 is 5.97 Å². The molecule has 2 fully saturated rings. The Morgan fingerprint density at radius 2 is 1.96 bits per heavy atom. The van der Waals surface area contributed by atoms with Crippen molar-refractivity contribution in [2.75, 3.05) is 46.8 Å². The minimum Gasteiger partial charge on any atom is -0.481 e. The first kappa shape index (κ1) is 19.8. The lowest BCUT2D eigenvalue weighted by Crippen LogP contribution is -2.46. The maximum absolute atomic E-state index is 13.6. The number of hydrogen-bond acceptors (Lipinski definition) is 4. The fourth-order valence-corrected chi connectivity index (χ4v) is 4.21. The summed E-state index contributed by atoms with van der Waals surface area (Å²) in [7, 11) is 4.06. The van der Waals surface area contributed by atoms with Gasteiger partial charge in [0.25, 0.3) is 0 Å². The SMILES string of the molecule is CN1CCC(N(C)CC(=O)N2C[C@@H](C(=O)O)[C@H](c3cccc(F)c3)C2)CC1. The molecule has 27 heavy (non-hydrogen) atoms. The largest absolute Gasteiger partial charge is 0.481 e. The monoisotopic (exact) mass is 377 g/mol. The quantitative estimate of drug-likeness (QED) is 0.842. The van der Waals surface area contributed by atoms with Gasteiger partial charge < -0.3 is 14.9 Å². The van der Waals surface area contributed by atoms with Crippen LogP contribution in [0.25, 0.3) is 0 Å². The highest BCUT2D eigenvalue weighted by Gasteiger charge is 2.40. The topological polar surface area (TPSA) is 64.1 Å². The Labute approximate surface area is 159 Å². The maximum atomic E-state index is 13.6. The van der Waals surface area contributed by atoms with E-state index in [0.717, 1.165) is 25.9 Å². The second kappa shape index (κ2) is 8.35. The second-order valence-electron chi connectivity index (χ2n) is 7.85. The van der Waals surface area contributed by atoms with Gasteiger partial charge in [-0.25, -0.2) is 4.39 Å². The number of nitrogens with zero attached hydrogens (tertiary/aromatic N) is 3. The number of carboxylic acids is 1. The van der Waals surface area contributed by atoms with Crippen molar-refractivity contribution >= 4 is 11.9 Å². The molecule has 2 saturated heterocycles. The first-order chi connectivity index (χ1) is 12.8. The van der Waals surface area contributed by atoms with Crippen LogP contribution in [0.15, 0.2) is 24.3 Å². The van der Waals surface area contributed by atoms with E-state index >= 15 is 0 Å². The molecule has 0 bridgehead atoms. The number of hydrogen-bond donors (Lipinski definition) is 1. The fourth-order valence-electron chi connectivity index (χ4n) is 4.21. The van der Waals surface area contributed by atoms with Crippen LogP contribution in [0.1, 0.15) is 24.3 Å². The third-order valence-corrected chi connectivity index (χ3v) is 5.96. The molecule has 1 aromatic carbocycles. The molecule has 2 aliphatic rings. The lowest BCUT2D eigenvalue weighted by molar-refractivity contribution is -0.142. The predicted molar refractivity (Wildman–Crippen MR) is 100.0 cm³/mol. The van der Waals surface area contributed by atoms with Gasteiger partial charge in [0, 0.05) is 25.0 Å². The van der Waals surface area contributed by atoms with Gasteiger partial charge in [0.15, 0.2) is 0 Å². The zero-order chi connectivity index (χ0) is 19.6. The van der Waals surface area contributed by atoms with Crippen molar-refractivity contribution in [1.29, 1.82) is 0 Å². The van der Waals surface area contributed by atoms with Crippen molar-refractivity contribution in [2.24, 2.45) is 5.92 Å². The molecule has 6 nitrogen and oxygen atoms in total. The van der Waals surface area contributed by atoms with Crippen molar-refractivity contribution in [3.63, 3.8) is 0 Å². The number of piperidine rings is 1. The average Bonchev–Trinajstić information content (AvgIpc) is 3.08. The molecule has 0 spiro atoms. The number of amides is 1.